The van der Waals surface area contributed by atoms with Gasteiger partial charge in [-0.25, -0.2) is 0 Å². The maximum absolute atomic E-state index is 12.2. The number of Topliss-reactive ketones (excluding diaryl/α,β-unsaturated/α-hetero) is 2. The summed E-state index contributed by atoms with van der Waals surface area (Å²) in [6.07, 6.45) is 3.63. The Labute approximate surface area is 98.0 Å². The fourth-order valence-electron chi connectivity index (χ4n) is 2.18. The first-order valence-corrected chi connectivity index (χ1v) is 5.36. The first-order valence-electron chi connectivity index (χ1n) is 5.36. The van der Waals surface area contributed by atoms with Gasteiger partial charge in [0, 0.05) is 23.1 Å². The van der Waals surface area contributed by atoms with Gasteiger partial charge in [0.25, 0.3) is 0 Å². The minimum atomic E-state index is -0.328. The number of rotatable bonds is 0. The fraction of sp³-hybridized carbons (Fsp3) is 0.0714. The number of hydrogen-bond acceptors (Lipinski definition) is 3. The number of nitrogens with one attached hydrogen (secondary N) is 1. The van der Waals surface area contributed by atoms with Crippen molar-refractivity contribution in [2.75, 3.05) is 0 Å². The van der Waals surface area contributed by atoms with E-state index in [1.165, 1.54) is 0 Å². The third kappa shape index (κ3) is 1.32. The van der Waals surface area contributed by atoms with Crippen molar-refractivity contribution in [3.05, 3.63) is 52.6 Å². The molecule has 0 heterocycles. The van der Waals surface area contributed by atoms with Gasteiger partial charge in [-0.1, -0.05) is 30.3 Å². The van der Waals surface area contributed by atoms with Crippen molar-refractivity contribution < 1.29 is 9.59 Å². The zero-order valence-corrected chi connectivity index (χ0v) is 8.99. The van der Waals surface area contributed by atoms with Gasteiger partial charge in [-0.05, 0) is 11.6 Å². The minimum absolute atomic E-state index is 0.0483. The summed E-state index contributed by atoms with van der Waals surface area (Å²) in [5.41, 5.74) is 2.25. The fourth-order valence-corrected chi connectivity index (χ4v) is 2.18. The molecule has 3 rings (SSSR count). The Morgan fingerprint density at radius 3 is 2.59 bits per heavy atom. The van der Waals surface area contributed by atoms with Crippen LogP contribution in [-0.4, -0.2) is 17.3 Å². The highest BCUT2D eigenvalue weighted by Gasteiger charge is 2.31. The molecule has 0 unspecified atom stereocenters. The highest BCUT2D eigenvalue weighted by molar-refractivity contribution is 6.50. The number of benzene rings is 1. The lowest BCUT2D eigenvalue weighted by molar-refractivity contribution is -0.109. The van der Waals surface area contributed by atoms with Crippen LogP contribution >= 0.6 is 0 Å². The highest BCUT2D eigenvalue weighted by atomic mass is 16.1. The van der Waals surface area contributed by atoms with Crippen molar-refractivity contribution in [2.24, 2.45) is 0 Å². The molecule has 82 valence electrons. The van der Waals surface area contributed by atoms with Crippen molar-refractivity contribution in [1.29, 1.82) is 5.41 Å². The molecule has 17 heavy (non-hydrogen) atoms. The predicted octanol–water partition coefficient (Wildman–Crippen LogP) is 2.19. The van der Waals surface area contributed by atoms with Gasteiger partial charge in [-0.3, -0.25) is 9.59 Å². The average Bonchev–Trinajstić information content (AvgIpc) is 2.35. The van der Waals surface area contributed by atoms with Gasteiger partial charge in [0.1, 0.15) is 0 Å². The van der Waals surface area contributed by atoms with Crippen molar-refractivity contribution in [3.63, 3.8) is 0 Å². The first kappa shape index (κ1) is 9.90. The van der Waals surface area contributed by atoms with E-state index in [9.17, 15) is 9.59 Å². The monoisotopic (exact) mass is 223 g/mol. The maximum atomic E-state index is 12.2. The topological polar surface area (TPSA) is 58.0 Å². The van der Waals surface area contributed by atoms with Crippen LogP contribution in [0.15, 0.2) is 41.5 Å². The molecule has 0 radical (unpaired) electrons. The van der Waals surface area contributed by atoms with E-state index in [2.05, 4.69) is 0 Å². The molecule has 2 aliphatic rings. The van der Waals surface area contributed by atoms with Crippen LogP contribution in [-0.2, 0) is 4.79 Å². The lowest BCUT2D eigenvalue weighted by atomic mass is 9.80. The van der Waals surface area contributed by atoms with Crippen molar-refractivity contribution in [1.82, 2.24) is 0 Å². The molecule has 2 aliphatic carbocycles. The summed E-state index contributed by atoms with van der Waals surface area (Å²) >= 11 is 0. The van der Waals surface area contributed by atoms with E-state index in [0.29, 0.717) is 16.7 Å². The number of carbonyl (C=O) groups is 2. The second-order valence-corrected chi connectivity index (χ2v) is 4.10. The molecule has 0 aliphatic heterocycles. The number of hydrogen-bond donors (Lipinski definition) is 1. The lowest BCUT2D eigenvalue weighted by Crippen LogP contribution is -2.26. The SMILES string of the molecule is N=C1CC=C2C(=O)c3ccccc3C=C2C1=O. The van der Waals surface area contributed by atoms with Crippen LogP contribution in [0.3, 0.4) is 0 Å². The van der Waals surface area contributed by atoms with E-state index in [1.54, 1.807) is 18.2 Å². The molecule has 0 bridgehead atoms. The zero-order chi connectivity index (χ0) is 12.0. The van der Waals surface area contributed by atoms with Crippen molar-refractivity contribution in [3.8, 4) is 0 Å². The molecular formula is C14H9NO2. The van der Waals surface area contributed by atoms with Gasteiger partial charge < -0.3 is 5.41 Å². The van der Waals surface area contributed by atoms with Crippen LogP contribution in [0.4, 0.5) is 0 Å². The summed E-state index contributed by atoms with van der Waals surface area (Å²) in [6.45, 7) is 0. The van der Waals surface area contributed by atoms with E-state index in [-0.39, 0.29) is 23.7 Å². The second-order valence-electron chi connectivity index (χ2n) is 4.10. The van der Waals surface area contributed by atoms with Crippen LogP contribution in [0, 0.1) is 5.41 Å². The maximum Gasteiger partial charge on any atom is 0.207 e. The molecule has 1 aromatic rings. The Morgan fingerprint density at radius 1 is 1.00 bits per heavy atom. The number of allylic oxidation sites excluding steroid dienone is 3. The summed E-state index contributed by atoms with van der Waals surface area (Å²) in [6, 6.07) is 7.21. The number of fused-ring (bicyclic) bond motifs is 2. The third-order valence-corrected chi connectivity index (χ3v) is 3.07. The standard InChI is InChI=1S/C14H9NO2/c15-12-6-5-10-11(14(12)17)7-8-3-1-2-4-9(8)13(10)16/h1-5,7,15H,6H2. The summed E-state index contributed by atoms with van der Waals surface area (Å²) in [7, 11) is 0. The molecule has 0 aromatic heterocycles. The largest absolute Gasteiger partial charge is 0.301 e. The second kappa shape index (κ2) is 3.35. The van der Waals surface area contributed by atoms with Gasteiger partial charge >= 0.3 is 0 Å². The molecular weight excluding hydrogens is 214 g/mol. The van der Waals surface area contributed by atoms with Crippen LogP contribution in [0.5, 0.6) is 0 Å². The summed E-state index contributed by atoms with van der Waals surface area (Å²) < 4.78 is 0. The van der Waals surface area contributed by atoms with Gasteiger partial charge in [-0.15, -0.1) is 0 Å². The molecule has 0 saturated heterocycles. The molecule has 0 fully saturated rings. The normalized spacial score (nSPS) is 18.2. The van der Waals surface area contributed by atoms with Crippen LogP contribution in [0.25, 0.3) is 6.08 Å². The summed E-state index contributed by atoms with van der Waals surface area (Å²) in [4.78, 5) is 24.0. The lowest BCUT2D eigenvalue weighted by Gasteiger charge is -2.21. The quantitative estimate of drug-likeness (QED) is 0.732. The number of carbonyl (C=O) groups excluding carboxylic acids is 2. The van der Waals surface area contributed by atoms with Crippen LogP contribution in [0.2, 0.25) is 0 Å². The molecule has 0 atom stereocenters. The number of ketones is 2. The van der Waals surface area contributed by atoms with Crippen LogP contribution in [0.1, 0.15) is 22.3 Å². The van der Waals surface area contributed by atoms with Crippen molar-refractivity contribution >= 4 is 23.4 Å². The molecule has 0 amide bonds. The smallest absolute Gasteiger partial charge is 0.207 e. The molecule has 3 heteroatoms. The van der Waals surface area contributed by atoms with Gasteiger partial charge in [-0.2, -0.15) is 0 Å². The average molecular weight is 223 g/mol. The molecule has 1 aromatic carbocycles. The third-order valence-electron chi connectivity index (χ3n) is 3.07. The summed E-state index contributed by atoms with van der Waals surface area (Å²) in [5, 5.41) is 7.52. The van der Waals surface area contributed by atoms with Crippen molar-refractivity contribution in [2.45, 2.75) is 6.42 Å². The van der Waals surface area contributed by atoms with E-state index >= 15 is 0 Å². The Balaban J connectivity index is 2.28. The van der Waals surface area contributed by atoms with Crippen LogP contribution < -0.4 is 0 Å². The van der Waals surface area contributed by atoms with E-state index < -0.39 is 0 Å². The Bertz CT molecular complexity index is 635. The molecule has 0 saturated carbocycles. The highest BCUT2D eigenvalue weighted by Crippen LogP contribution is 2.31. The predicted molar refractivity (Wildman–Crippen MR) is 64.2 cm³/mol. The minimum Gasteiger partial charge on any atom is -0.301 e. The zero-order valence-electron chi connectivity index (χ0n) is 8.99. The van der Waals surface area contributed by atoms with Gasteiger partial charge in [0.2, 0.25) is 5.78 Å². The molecule has 0 spiro atoms. The van der Waals surface area contributed by atoms with E-state index in [0.717, 1.165) is 5.56 Å². The molecule has 3 nitrogen and oxygen atoms in total. The Morgan fingerprint density at radius 2 is 1.76 bits per heavy atom. The van der Waals surface area contributed by atoms with Gasteiger partial charge in [0.15, 0.2) is 5.78 Å². The van der Waals surface area contributed by atoms with E-state index in [4.69, 9.17) is 5.41 Å². The molecule has 1 N–H and O–H groups in total. The first-order chi connectivity index (χ1) is 8.18. The Hall–Kier alpha value is -2.29. The Kier molecular flexibility index (Phi) is 1.95. The summed E-state index contributed by atoms with van der Waals surface area (Å²) in [5.74, 6) is -0.440. The van der Waals surface area contributed by atoms with E-state index in [1.807, 2.05) is 18.2 Å². The van der Waals surface area contributed by atoms with Gasteiger partial charge in [0.05, 0.1) is 5.71 Å².